The molecule has 1 fully saturated rings. The van der Waals surface area contributed by atoms with E-state index >= 15 is 0 Å². The van der Waals surface area contributed by atoms with Gasteiger partial charge in [0.05, 0.1) is 0 Å². The number of rotatable bonds is 5. The Kier molecular flexibility index (Phi) is 4.41. The number of hydrazine groups is 1. The van der Waals surface area contributed by atoms with Gasteiger partial charge in [-0.1, -0.05) is 0 Å². The van der Waals surface area contributed by atoms with Crippen molar-refractivity contribution in [3.63, 3.8) is 0 Å². The van der Waals surface area contributed by atoms with E-state index in [1.165, 1.54) is 6.42 Å². The minimum absolute atomic E-state index is 0.244. The number of primary amides is 1. The quantitative estimate of drug-likeness (QED) is 0.434. The summed E-state index contributed by atoms with van der Waals surface area (Å²) in [4.78, 5) is 26.2. The second kappa shape index (κ2) is 6.08. The van der Waals surface area contributed by atoms with Crippen molar-refractivity contribution in [2.75, 3.05) is 28.7 Å². The molecule has 1 saturated heterocycles. The fraction of sp³-hybridized carbons (Fsp3) is 0.667. The Morgan fingerprint density at radius 2 is 1.76 bits per heavy atom. The van der Waals surface area contributed by atoms with Gasteiger partial charge in [-0.2, -0.15) is 15.0 Å². The van der Waals surface area contributed by atoms with Gasteiger partial charge in [0.2, 0.25) is 23.8 Å². The highest BCUT2D eigenvalue weighted by molar-refractivity contribution is 5.86. The van der Waals surface area contributed by atoms with Crippen molar-refractivity contribution in [2.45, 2.75) is 38.6 Å². The zero-order valence-corrected chi connectivity index (χ0v) is 12.4. The first-order chi connectivity index (χ1) is 9.92. The number of aromatic nitrogens is 3. The molecule has 9 heteroatoms. The molecule has 0 bridgehead atoms. The van der Waals surface area contributed by atoms with Gasteiger partial charge in [-0.3, -0.25) is 10.2 Å². The first-order valence-electron chi connectivity index (χ1n) is 6.98. The number of nitrogens with two attached hydrogens (primary N) is 2. The summed E-state index contributed by atoms with van der Waals surface area (Å²) in [7, 11) is 0. The van der Waals surface area contributed by atoms with Gasteiger partial charge in [0.25, 0.3) is 0 Å². The number of amides is 1. The molecule has 0 atom stereocenters. The van der Waals surface area contributed by atoms with E-state index < -0.39 is 11.4 Å². The van der Waals surface area contributed by atoms with Crippen LogP contribution in [0.2, 0.25) is 0 Å². The maximum absolute atomic E-state index is 11.4. The fourth-order valence-electron chi connectivity index (χ4n) is 2.06. The third-order valence-electron chi connectivity index (χ3n) is 3.43. The molecule has 1 aromatic rings. The number of nitrogen functional groups attached to an aromatic ring is 1. The molecule has 1 aromatic heterocycles. The number of piperidine rings is 1. The lowest BCUT2D eigenvalue weighted by atomic mass is 10.1. The van der Waals surface area contributed by atoms with Gasteiger partial charge in [0, 0.05) is 13.1 Å². The highest BCUT2D eigenvalue weighted by Crippen LogP contribution is 2.19. The SMILES string of the molecule is CC(C)(Nc1nc(NN)nc(N2CCCCC2)n1)C(N)=O. The normalized spacial score (nSPS) is 15.7. The molecule has 1 amide bonds. The third-order valence-corrected chi connectivity index (χ3v) is 3.43. The Labute approximate surface area is 123 Å². The Morgan fingerprint density at radius 1 is 1.14 bits per heavy atom. The topological polar surface area (TPSA) is 135 Å². The third kappa shape index (κ3) is 3.69. The number of carbonyl (C=O) groups excluding carboxylic acids is 1. The van der Waals surface area contributed by atoms with Gasteiger partial charge in [-0.15, -0.1) is 0 Å². The number of hydrogen-bond donors (Lipinski definition) is 4. The van der Waals surface area contributed by atoms with Gasteiger partial charge in [-0.25, -0.2) is 5.84 Å². The van der Waals surface area contributed by atoms with E-state index in [0.717, 1.165) is 25.9 Å². The molecular weight excluding hydrogens is 272 g/mol. The van der Waals surface area contributed by atoms with Crippen LogP contribution in [0, 0.1) is 0 Å². The van der Waals surface area contributed by atoms with Gasteiger partial charge in [0.1, 0.15) is 5.54 Å². The molecule has 21 heavy (non-hydrogen) atoms. The summed E-state index contributed by atoms with van der Waals surface area (Å²) < 4.78 is 0. The fourth-order valence-corrected chi connectivity index (χ4v) is 2.06. The van der Waals surface area contributed by atoms with Crippen LogP contribution in [0.3, 0.4) is 0 Å². The number of nitrogens with zero attached hydrogens (tertiary/aromatic N) is 4. The smallest absolute Gasteiger partial charge is 0.243 e. The van der Waals surface area contributed by atoms with Crippen molar-refractivity contribution < 1.29 is 4.79 Å². The summed E-state index contributed by atoms with van der Waals surface area (Å²) >= 11 is 0. The van der Waals surface area contributed by atoms with Crippen molar-refractivity contribution in [1.82, 2.24) is 15.0 Å². The van der Waals surface area contributed by atoms with E-state index in [-0.39, 0.29) is 11.9 Å². The molecule has 116 valence electrons. The summed E-state index contributed by atoms with van der Waals surface area (Å²) in [6.07, 6.45) is 3.42. The van der Waals surface area contributed by atoms with Crippen LogP contribution >= 0.6 is 0 Å². The highest BCUT2D eigenvalue weighted by Gasteiger charge is 2.26. The first-order valence-corrected chi connectivity index (χ1v) is 6.98. The summed E-state index contributed by atoms with van der Waals surface area (Å²) in [5.41, 5.74) is 6.80. The molecule has 0 aromatic carbocycles. The maximum atomic E-state index is 11.4. The predicted octanol–water partition coefficient (Wildman–Crippen LogP) is -0.177. The Balaban J connectivity index is 2.27. The van der Waals surface area contributed by atoms with Crippen LogP contribution in [-0.4, -0.2) is 39.5 Å². The van der Waals surface area contributed by atoms with Crippen molar-refractivity contribution in [3.05, 3.63) is 0 Å². The number of nitrogens with one attached hydrogen (secondary N) is 2. The van der Waals surface area contributed by atoms with Crippen LogP contribution in [0.25, 0.3) is 0 Å². The number of carbonyl (C=O) groups is 1. The number of anilines is 3. The zero-order valence-electron chi connectivity index (χ0n) is 12.4. The molecule has 9 nitrogen and oxygen atoms in total. The molecular formula is C12H22N8O. The van der Waals surface area contributed by atoms with Crippen LogP contribution in [0.5, 0.6) is 0 Å². The second-order valence-corrected chi connectivity index (χ2v) is 5.59. The molecule has 0 saturated carbocycles. The number of hydrogen-bond acceptors (Lipinski definition) is 8. The van der Waals surface area contributed by atoms with Crippen molar-refractivity contribution in [3.8, 4) is 0 Å². The van der Waals surface area contributed by atoms with Crippen molar-refractivity contribution in [2.24, 2.45) is 11.6 Å². The first kappa shape index (κ1) is 15.2. The standard InChI is InChI=1S/C12H22N8O/c1-12(2,8(13)21)18-9-15-10(19-14)17-11(16-9)20-6-4-3-5-7-20/h3-7,14H2,1-2H3,(H2,13,21)(H2,15,16,17,18,19). The predicted molar refractivity (Wildman–Crippen MR) is 80.6 cm³/mol. The van der Waals surface area contributed by atoms with Gasteiger partial charge >= 0.3 is 0 Å². The van der Waals surface area contributed by atoms with Crippen LogP contribution in [-0.2, 0) is 4.79 Å². The largest absolute Gasteiger partial charge is 0.368 e. The molecule has 0 spiro atoms. The van der Waals surface area contributed by atoms with E-state index in [2.05, 4.69) is 30.6 Å². The summed E-state index contributed by atoms with van der Waals surface area (Å²) in [5, 5.41) is 2.91. The summed E-state index contributed by atoms with van der Waals surface area (Å²) in [6.45, 7) is 5.11. The van der Waals surface area contributed by atoms with E-state index in [0.29, 0.717) is 5.95 Å². The zero-order chi connectivity index (χ0) is 15.5. The molecule has 2 heterocycles. The van der Waals surface area contributed by atoms with E-state index in [4.69, 9.17) is 11.6 Å². The molecule has 1 aliphatic rings. The Hall–Kier alpha value is -2.16. The van der Waals surface area contributed by atoms with Gasteiger partial charge in [0.15, 0.2) is 0 Å². The van der Waals surface area contributed by atoms with Crippen molar-refractivity contribution in [1.29, 1.82) is 0 Å². The van der Waals surface area contributed by atoms with E-state index in [1.807, 2.05) is 0 Å². The molecule has 0 aliphatic carbocycles. The van der Waals surface area contributed by atoms with Crippen LogP contribution in [0.4, 0.5) is 17.8 Å². The van der Waals surface area contributed by atoms with Crippen molar-refractivity contribution >= 4 is 23.8 Å². The lowest BCUT2D eigenvalue weighted by Crippen LogP contribution is -2.45. The molecule has 0 radical (unpaired) electrons. The van der Waals surface area contributed by atoms with Crippen LogP contribution in [0.1, 0.15) is 33.1 Å². The summed E-state index contributed by atoms with van der Waals surface area (Å²) in [5.74, 6) is 5.96. The average Bonchev–Trinajstić information content (AvgIpc) is 2.47. The average molecular weight is 294 g/mol. The minimum Gasteiger partial charge on any atom is -0.368 e. The Morgan fingerprint density at radius 3 is 2.33 bits per heavy atom. The van der Waals surface area contributed by atoms with Gasteiger partial charge in [-0.05, 0) is 33.1 Å². The molecule has 0 unspecified atom stereocenters. The Bertz CT molecular complexity index is 512. The highest BCUT2D eigenvalue weighted by atomic mass is 16.1. The summed E-state index contributed by atoms with van der Waals surface area (Å²) in [6, 6.07) is 0. The lowest BCUT2D eigenvalue weighted by molar-refractivity contribution is -0.121. The van der Waals surface area contributed by atoms with E-state index in [1.54, 1.807) is 13.8 Å². The minimum atomic E-state index is -0.966. The molecule has 6 N–H and O–H groups in total. The lowest BCUT2D eigenvalue weighted by Gasteiger charge is -2.28. The molecule has 1 aliphatic heterocycles. The maximum Gasteiger partial charge on any atom is 0.243 e. The van der Waals surface area contributed by atoms with E-state index in [9.17, 15) is 4.79 Å². The monoisotopic (exact) mass is 294 g/mol. The second-order valence-electron chi connectivity index (χ2n) is 5.59. The van der Waals surface area contributed by atoms with Gasteiger partial charge < -0.3 is 16.0 Å². The van der Waals surface area contributed by atoms with Crippen LogP contribution in [0.15, 0.2) is 0 Å². The van der Waals surface area contributed by atoms with Crippen LogP contribution < -0.4 is 27.2 Å². The molecule has 2 rings (SSSR count).